The second kappa shape index (κ2) is 5.00. The molecule has 2 aromatic rings. The Bertz CT molecular complexity index is 497. The molecule has 0 aliphatic heterocycles. The normalized spacial score (nSPS) is 10.4. The highest BCUT2D eigenvalue weighted by atomic mass is 35.5. The first-order chi connectivity index (χ1) is 7.65. The maximum absolute atomic E-state index is 9.16. The van der Waals surface area contributed by atoms with Gasteiger partial charge in [0.25, 0.3) is 0 Å². The number of rotatable bonds is 2. The Balaban J connectivity index is 2.23. The third kappa shape index (κ3) is 2.85. The van der Waals surface area contributed by atoms with E-state index in [1.54, 1.807) is 24.3 Å². The zero-order valence-corrected chi connectivity index (χ0v) is 10.5. The van der Waals surface area contributed by atoms with Crippen LogP contribution in [0.1, 0.15) is 0 Å². The Kier molecular flexibility index (Phi) is 3.64. The van der Waals surface area contributed by atoms with E-state index in [9.17, 15) is 0 Å². The van der Waals surface area contributed by atoms with Gasteiger partial charge in [-0.05, 0) is 42.5 Å². The molecule has 0 aliphatic rings. The topological polar surface area (TPSA) is 20.2 Å². The van der Waals surface area contributed by atoms with Gasteiger partial charge in [0.05, 0.1) is 5.02 Å². The smallest absolute Gasteiger partial charge is 0.115 e. The Hall–Kier alpha value is -0.830. The van der Waals surface area contributed by atoms with Crippen LogP contribution in [0.15, 0.2) is 52.3 Å². The van der Waals surface area contributed by atoms with Crippen molar-refractivity contribution in [2.45, 2.75) is 9.79 Å². The number of halogens is 2. The van der Waals surface area contributed by atoms with Gasteiger partial charge in [-0.15, -0.1) is 0 Å². The molecule has 4 heteroatoms. The van der Waals surface area contributed by atoms with Crippen molar-refractivity contribution >= 4 is 35.0 Å². The van der Waals surface area contributed by atoms with Crippen LogP contribution in [0, 0.1) is 0 Å². The van der Waals surface area contributed by atoms with Crippen LogP contribution in [0.3, 0.4) is 0 Å². The van der Waals surface area contributed by atoms with E-state index < -0.39 is 0 Å². The van der Waals surface area contributed by atoms with Crippen molar-refractivity contribution in [2.24, 2.45) is 0 Å². The molecule has 0 saturated heterocycles. The molecule has 0 heterocycles. The largest absolute Gasteiger partial charge is 0.508 e. The Morgan fingerprint density at radius 2 is 1.62 bits per heavy atom. The number of aromatic hydroxyl groups is 1. The molecule has 16 heavy (non-hydrogen) atoms. The van der Waals surface area contributed by atoms with Gasteiger partial charge in [0, 0.05) is 14.8 Å². The lowest BCUT2D eigenvalue weighted by Gasteiger charge is -2.04. The molecule has 0 bridgehead atoms. The summed E-state index contributed by atoms with van der Waals surface area (Å²) in [5.74, 6) is 0.256. The van der Waals surface area contributed by atoms with Crippen LogP contribution in [0.5, 0.6) is 5.75 Å². The van der Waals surface area contributed by atoms with Gasteiger partial charge in [-0.1, -0.05) is 35.0 Å². The highest BCUT2D eigenvalue weighted by molar-refractivity contribution is 7.99. The first-order valence-corrected chi connectivity index (χ1v) is 6.14. The summed E-state index contributed by atoms with van der Waals surface area (Å²) in [6.07, 6.45) is 0. The van der Waals surface area contributed by atoms with E-state index in [1.165, 1.54) is 11.8 Å². The first kappa shape index (κ1) is 11.6. The molecule has 0 saturated carbocycles. The predicted octanol–water partition coefficient (Wildman–Crippen LogP) is 4.85. The van der Waals surface area contributed by atoms with Gasteiger partial charge in [-0.2, -0.15) is 0 Å². The Labute approximate surface area is 108 Å². The van der Waals surface area contributed by atoms with E-state index in [4.69, 9.17) is 28.3 Å². The zero-order chi connectivity index (χ0) is 11.5. The summed E-state index contributed by atoms with van der Waals surface area (Å²) in [5, 5.41) is 10.4. The summed E-state index contributed by atoms with van der Waals surface area (Å²) in [7, 11) is 0. The third-order valence-electron chi connectivity index (χ3n) is 1.96. The molecule has 0 fully saturated rings. The molecule has 0 aromatic heterocycles. The molecule has 0 spiro atoms. The fourth-order valence-corrected chi connectivity index (χ4v) is 2.54. The molecule has 0 unspecified atom stereocenters. The molecular formula is C12H8Cl2OS. The van der Waals surface area contributed by atoms with Crippen molar-refractivity contribution in [3.8, 4) is 5.75 Å². The number of benzene rings is 2. The van der Waals surface area contributed by atoms with Crippen LogP contribution >= 0.6 is 35.0 Å². The van der Waals surface area contributed by atoms with Crippen molar-refractivity contribution in [2.75, 3.05) is 0 Å². The average Bonchev–Trinajstić information content (AvgIpc) is 2.25. The lowest BCUT2D eigenvalue weighted by atomic mass is 10.3. The third-order valence-corrected chi connectivity index (χ3v) is 3.70. The quantitative estimate of drug-likeness (QED) is 0.842. The van der Waals surface area contributed by atoms with E-state index in [1.807, 2.05) is 18.2 Å². The van der Waals surface area contributed by atoms with Gasteiger partial charge in [-0.3, -0.25) is 0 Å². The van der Waals surface area contributed by atoms with Crippen LogP contribution in [0.25, 0.3) is 0 Å². The van der Waals surface area contributed by atoms with Gasteiger partial charge in [0.1, 0.15) is 5.75 Å². The number of phenolic OH excluding ortho intramolecular Hbond substituents is 1. The molecule has 0 radical (unpaired) electrons. The summed E-state index contributed by atoms with van der Waals surface area (Å²) in [4.78, 5) is 1.96. The minimum absolute atomic E-state index is 0.256. The Morgan fingerprint density at radius 1 is 0.938 bits per heavy atom. The zero-order valence-electron chi connectivity index (χ0n) is 8.15. The standard InChI is InChI=1S/C12H8Cl2OS/c13-8-1-6-12(11(14)7-8)16-10-4-2-9(15)3-5-10/h1-7,15H. The fourth-order valence-electron chi connectivity index (χ4n) is 1.20. The van der Waals surface area contributed by atoms with Gasteiger partial charge in [0.15, 0.2) is 0 Å². The minimum atomic E-state index is 0.256. The first-order valence-electron chi connectivity index (χ1n) is 4.57. The lowest BCUT2D eigenvalue weighted by Crippen LogP contribution is -1.76. The van der Waals surface area contributed by atoms with E-state index in [-0.39, 0.29) is 5.75 Å². The summed E-state index contributed by atoms with van der Waals surface area (Å²) in [6.45, 7) is 0. The Morgan fingerprint density at radius 3 is 2.25 bits per heavy atom. The van der Waals surface area contributed by atoms with Gasteiger partial charge < -0.3 is 5.11 Å². The van der Waals surface area contributed by atoms with Crippen molar-refractivity contribution < 1.29 is 5.11 Å². The van der Waals surface area contributed by atoms with Gasteiger partial charge in [-0.25, -0.2) is 0 Å². The van der Waals surface area contributed by atoms with Crippen LogP contribution in [-0.2, 0) is 0 Å². The lowest BCUT2D eigenvalue weighted by molar-refractivity contribution is 0.475. The van der Waals surface area contributed by atoms with Crippen molar-refractivity contribution in [3.05, 3.63) is 52.5 Å². The SMILES string of the molecule is Oc1ccc(Sc2ccc(Cl)cc2Cl)cc1. The molecule has 2 aromatic carbocycles. The minimum Gasteiger partial charge on any atom is -0.508 e. The predicted molar refractivity (Wildman–Crippen MR) is 68.7 cm³/mol. The number of phenols is 1. The second-order valence-electron chi connectivity index (χ2n) is 3.17. The average molecular weight is 271 g/mol. The van der Waals surface area contributed by atoms with Crippen LogP contribution in [0.4, 0.5) is 0 Å². The highest BCUT2D eigenvalue weighted by Gasteiger charge is 2.03. The molecule has 1 N–H and O–H groups in total. The summed E-state index contributed by atoms with van der Waals surface area (Å²) in [6, 6.07) is 12.4. The molecule has 2 rings (SSSR count). The van der Waals surface area contributed by atoms with E-state index in [0.717, 1.165) is 9.79 Å². The number of hydrogen-bond acceptors (Lipinski definition) is 2. The van der Waals surface area contributed by atoms with Crippen molar-refractivity contribution in [1.29, 1.82) is 0 Å². The number of hydrogen-bond donors (Lipinski definition) is 1. The van der Waals surface area contributed by atoms with E-state index in [2.05, 4.69) is 0 Å². The second-order valence-corrected chi connectivity index (χ2v) is 5.13. The van der Waals surface area contributed by atoms with Crippen LogP contribution < -0.4 is 0 Å². The maximum atomic E-state index is 9.16. The molecule has 0 atom stereocenters. The van der Waals surface area contributed by atoms with Crippen LogP contribution in [0.2, 0.25) is 10.0 Å². The van der Waals surface area contributed by atoms with E-state index >= 15 is 0 Å². The summed E-state index contributed by atoms with van der Waals surface area (Å²) >= 11 is 13.4. The fraction of sp³-hybridized carbons (Fsp3) is 0. The summed E-state index contributed by atoms with van der Waals surface area (Å²) < 4.78 is 0. The monoisotopic (exact) mass is 270 g/mol. The highest BCUT2D eigenvalue weighted by Crippen LogP contribution is 2.35. The van der Waals surface area contributed by atoms with Crippen molar-refractivity contribution in [3.63, 3.8) is 0 Å². The van der Waals surface area contributed by atoms with E-state index in [0.29, 0.717) is 10.0 Å². The molecule has 0 aliphatic carbocycles. The van der Waals surface area contributed by atoms with Crippen LogP contribution in [-0.4, -0.2) is 5.11 Å². The molecule has 82 valence electrons. The summed E-state index contributed by atoms with van der Waals surface area (Å²) in [5.41, 5.74) is 0. The molecular weight excluding hydrogens is 263 g/mol. The maximum Gasteiger partial charge on any atom is 0.115 e. The molecule has 1 nitrogen and oxygen atoms in total. The van der Waals surface area contributed by atoms with Gasteiger partial charge >= 0.3 is 0 Å². The van der Waals surface area contributed by atoms with Gasteiger partial charge in [0.2, 0.25) is 0 Å². The molecule has 0 amide bonds. The van der Waals surface area contributed by atoms with Crippen molar-refractivity contribution in [1.82, 2.24) is 0 Å².